The van der Waals surface area contributed by atoms with E-state index in [1.165, 1.54) is 0 Å². The number of aryl methyl sites for hydroxylation is 2. The van der Waals surface area contributed by atoms with Crippen molar-refractivity contribution in [3.63, 3.8) is 0 Å². The number of nitrogens with two attached hydrogens (primary N) is 1. The van der Waals surface area contributed by atoms with Gasteiger partial charge in [-0.15, -0.1) is 0 Å². The molecule has 0 saturated heterocycles. The number of aromatic nitrogens is 2. The zero-order valence-electron chi connectivity index (χ0n) is 13.9. The molecule has 1 aliphatic carbocycles. The monoisotopic (exact) mass is 313 g/mol. The van der Waals surface area contributed by atoms with Crippen LogP contribution in [0.3, 0.4) is 0 Å². The van der Waals surface area contributed by atoms with Crippen LogP contribution < -0.4 is 5.73 Å². The van der Waals surface area contributed by atoms with Gasteiger partial charge in [0.1, 0.15) is 0 Å². The summed E-state index contributed by atoms with van der Waals surface area (Å²) < 4.78 is 7.74. The first-order chi connectivity index (χ1) is 9.71. The number of halogens is 1. The smallest absolute Gasteiger partial charge is 0.0847 e. The third-order valence-electron chi connectivity index (χ3n) is 5.21. The molecule has 0 aromatic carbocycles. The average Bonchev–Trinajstić information content (AvgIpc) is 2.66. The SMILES string of the molecule is COC1(C(N)Cc2c(Cl)c(C)nn2C)CCC(C)(C)CC1. The van der Waals surface area contributed by atoms with Crippen molar-refractivity contribution in [3.8, 4) is 0 Å². The van der Waals surface area contributed by atoms with E-state index in [0.717, 1.165) is 42.1 Å². The molecule has 0 spiro atoms. The fourth-order valence-corrected chi connectivity index (χ4v) is 3.61. The highest BCUT2D eigenvalue weighted by Gasteiger charge is 2.43. The Hall–Kier alpha value is -0.580. The molecule has 1 atom stereocenters. The maximum absolute atomic E-state index is 6.54. The molecule has 120 valence electrons. The van der Waals surface area contributed by atoms with Crippen molar-refractivity contribution in [2.45, 2.75) is 64.5 Å². The number of methoxy groups -OCH3 is 1. The molecular formula is C16H28ClN3O. The molecule has 1 aromatic rings. The standard InChI is InChI=1S/C16H28ClN3O/c1-11-14(17)12(20(4)19-11)10-13(18)16(21-5)8-6-15(2,3)7-9-16/h13H,6-10,18H2,1-5H3. The van der Waals surface area contributed by atoms with Crippen LogP contribution in [0.2, 0.25) is 5.02 Å². The van der Waals surface area contributed by atoms with Gasteiger partial charge in [-0.3, -0.25) is 4.68 Å². The first-order valence-electron chi connectivity index (χ1n) is 7.69. The molecule has 4 nitrogen and oxygen atoms in total. The van der Waals surface area contributed by atoms with Gasteiger partial charge in [0, 0.05) is 26.6 Å². The number of hydrogen-bond acceptors (Lipinski definition) is 3. The molecule has 0 aliphatic heterocycles. The van der Waals surface area contributed by atoms with Gasteiger partial charge >= 0.3 is 0 Å². The lowest BCUT2D eigenvalue weighted by Gasteiger charge is -2.46. The summed E-state index contributed by atoms with van der Waals surface area (Å²) in [5.74, 6) is 0. The largest absolute Gasteiger partial charge is 0.377 e. The van der Waals surface area contributed by atoms with Gasteiger partial charge in [0.2, 0.25) is 0 Å². The van der Waals surface area contributed by atoms with Crippen LogP contribution in [-0.2, 0) is 18.2 Å². The van der Waals surface area contributed by atoms with E-state index in [1.54, 1.807) is 7.11 Å². The fourth-order valence-electron chi connectivity index (χ4n) is 3.37. The summed E-state index contributed by atoms with van der Waals surface area (Å²) in [4.78, 5) is 0. The molecule has 1 saturated carbocycles. The van der Waals surface area contributed by atoms with Gasteiger partial charge in [-0.2, -0.15) is 5.10 Å². The van der Waals surface area contributed by atoms with Crippen LogP contribution in [0, 0.1) is 12.3 Å². The van der Waals surface area contributed by atoms with Crippen LogP contribution in [0.5, 0.6) is 0 Å². The zero-order chi connectivity index (χ0) is 15.8. The Balaban J connectivity index is 2.16. The molecule has 0 bridgehead atoms. The molecule has 1 fully saturated rings. The Morgan fingerprint density at radius 2 is 1.90 bits per heavy atom. The summed E-state index contributed by atoms with van der Waals surface area (Å²) in [5.41, 5.74) is 8.55. The van der Waals surface area contributed by atoms with E-state index in [0.29, 0.717) is 11.8 Å². The van der Waals surface area contributed by atoms with Gasteiger partial charge in [-0.05, 0) is 38.0 Å². The molecule has 1 aromatic heterocycles. The second kappa shape index (κ2) is 5.90. The predicted molar refractivity (Wildman–Crippen MR) is 86.6 cm³/mol. The molecular weight excluding hydrogens is 286 g/mol. The molecule has 1 heterocycles. The lowest BCUT2D eigenvalue weighted by atomic mass is 9.68. The van der Waals surface area contributed by atoms with Crippen molar-refractivity contribution in [3.05, 3.63) is 16.4 Å². The third-order valence-corrected chi connectivity index (χ3v) is 5.70. The van der Waals surface area contributed by atoms with Crippen LogP contribution in [-0.4, -0.2) is 28.5 Å². The van der Waals surface area contributed by atoms with Gasteiger partial charge in [-0.1, -0.05) is 25.4 Å². The quantitative estimate of drug-likeness (QED) is 0.928. The van der Waals surface area contributed by atoms with E-state index in [-0.39, 0.29) is 11.6 Å². The van der Waals surface area contributed by atoms with Crippen LogP contribution in [0.25, 0.3) is 0 Å². The summed E-state index contributed by atoms with van der Waals surface area (Å²) in [6, 6.07) is -0.0640. The fraction of sp³-hybridized carbons (Fsp3) is 0.812. The first kappa shape index (κ1) is 16.8. The number of rotatable bonds is 4. The summed E-state index contributed by atoms with van der Waals surface area (Å²) in [6.45, 7) is 6.56. The molecule has 21 heavy (non-hydrogen) atoms. The molecule has 1 aliphatic rings. The van der Waals surface area contributed by atoms with Gasteiger partial charge in [0.25, 0.3) is 0 Å². The highest BCUT2D eigenvalue weighted by atomic mass is 35.5. The van der Waals surface area contributed by atoms with E-state index < -0.39 is 0 Å². The Labute approximate surface area is 133 Å². The summed E-state index contributed by atoms with van der Waals surface area (Å²) in [7, 11) is 3.71. The average molecular weight is 314 g/mol. The highest BCUT2D eigenvalue weighted by Crippen LogP contribution is 2.43. The third kappa shape index (κ3) is 3.27. The van der Waals surface area contributed by atoms with Crippen molar-refractivity contribution < 1.29 is 4.74 Å². The second-order valence-electron chi connectivity index (χ2n) is 7.21. The minimum Gasteiger partial charge on any atom is -0.377 e. The van der Waals surface area contributed by atoms with Gasteiger partial charge in [0.05, 0.1) is 22.0 Å². The molecule has 1 unspecified atom stereocenters. The summed E-state index contributed by atoms with van der Waals surface area (Å²) >= 11 is 6.35. The second-order valence-corrected chi connectivity index (χ2v) is 7.59. The Bertz CT molecular complexity index is 500. The Morgan fingerprint density at radius 1 is 1.33 bits per heavy atom. The van der Waals surface area contributed by atoms with Crippen molar-refractivity contribution in [1.29, 1.82) is 0 Å². The summed E-state index contributed by atoms with van der Waals surface area (Å²) in [5, 5.41) is 5.10. The van der Waals surface area contributed by atoms with E-state index in [9.17, 15) is 0 Å². The lowest BCUT2D eigenvalue weighted by molar-refractivity contribution is -0.0784. The molecule has 0 amide bonds. The Morgan fingerprint density at radius 3 is 2.33 bits per heavy atom. The van der Waals surface area contributed by atoms with Gasteiger partial charge in [0.15, 0.2) is 0 Å². The van der Waals surface area contributed by atoms with Crippen molar-refractivity contribution in [2.24, 2.45) is 18.2 Å². The normalized spacial score (nSPS) is 22.2. The minimum atomic E-state index is -0.239. The van der Waals surface area contributed by atoms with E-state index in [4.69, 9.17) is 22.1 Å². The van der Waals surface area contributed by atoms with Gasteiger partial charge in [-0.25, -0.2) is 0 Å². The van der Waals surface area contributed by atoms with Crippen LogP contribution in [0.4, 0.5) is 0 Å². The number of nitrogens with zero attached hydrogens (tertiary/aromatic N) is 2. The predicted octanol–water partition coefficient (Wildman–Crippen LogP) is 3.24. The number of hydrogen-bond donors (Lipinski definition) is 1. The van der Waals surface area contributed by atoms with Gasteiger partial charge < -0.3 is 10.5 Å². The molecule has 5 heteroatoms. The van der Waals surface area contributed by atoms with Crippen LogP contribution >= 0.6 is 11.6 Å². The minimum absolute atomic E-state index is 0.0640. The lowest BCUT2D eigenvalue weighted by Crippen LogP contribution is -2.53. The maximum atomic E-state index is 6.54. The molecule has 2 rings (SSSR count). The van der Waals surface area contributed by atoms with E-state index in [2.05, 4.69) is 18.9 Å². The Kier molecular flexibility index (Phi) is 4.72. The molecule has 0 radical (unpaired) electrons. The summed E-state index contributed by atoms with van der Waals surface area (Å²) in [6.07, 6.45) is 5.00. The van der Waals surface area contributed by atoms with E-state index in [1.807, 2.05) is 18.7 Å². The first-order valence-corrected chi connectivity index (χ1v) is 8.07. The van der Waals surface area contributed by atoms with E-state index >= 15 is 0 Å². The van der Waals surface area contributed by atoms with Crippen molar-refractivity contribution >= 4 is 11.6 Å². The number of ether oxygens (including phenoxy) is 1. The van der Waals surface area contributed by atoms with Crippen molar-refractivity contribution in [2.75, 3.05) is 7.11 Å². The van der Waals surface area contributed by atoms with Crippen LogP contribution in [0.1, 0.15) is 50.9 Å². The van der Waals surface area contributed by atoms with Crippen molar-refractivity contribution in [1.82, 2.24) is 9.78 Å². The topological polar surface area (TPSA) is 53.1 Å². The van der Waals surface area contributed by atoms with Crippen LogP contribution in [0.15, 0.2) is 0 Å². The maximum Gasteiger partial charge on any atom is 0.0847 e. The molecule has 2 N–H and O–H groups in total. The zero-order valence-corrected chi connectivity index (χ0v) is 14.6. The highest BCUT2D eigenvalue weighted by molar-refractivity contribution is 6.31.